The van der Waals surface area contributed by atoms with E-state index >= 15 is 0 Å². The van der Waals surface area contributed by atoms with Gasteiger partial charge >= 0.3 is 0 Å². The predicted molar refractivity (Wildman–Crippen MR) is 104 cm³/mol. The standard InChI is InChI=1S/C18H25N3O4S/c1-21(2)12-11-19-14-5-7-15(8-6-14)20-26(22,23)16-9-10-17(24-3)18(13-16)25-4/h5-10,13,19-20H,11-12H2,1-4H3. The number of rotatable bonds is 9. The Hall–Kier alpha value is -2.45. The van der Waals surface area contributed by atoms with E-state index in [9.17, 15) is 8.42 Å². The summed E-state index contributed by atoms with van der Waals surface area (Å²) in [6.07, 6.45) is 0. The van der Waals surface area contributed by atoms with Gasteiger partial charge in [0.25, 0.3) is 10.0 Å². The van der Waals surface area contributed by atoms with Crippen molar-refractivity contribution >= 4 is 21.4 Å². The highest BCUT2D eigenvalue weighted by atomic mass is 32.2. The van der Waals surface area contributed by atoms with E-state index in [1.807, 2.05) is 26.2 Å². The quantitative estimate of drug-likeness (QED) is 0.697. The van der Waals surface area contributed by atoms with Crippen molar-refractivity contribution in [1.82, 2.24) is 4.90 Å². The smallest absolute Gasteiger partial charge is 0.262 e. The first-order valence-corrected chi connectivity index (χ1v) is 9.57. The fraction of sp³-hybridized carbons (Fsp3) is 0.333. The number of hydrogen-bond acceptors (Lipinski definition) is 6. The Bertz CT molecular complexity index is 821. The van der Waals surface area contributed by atoms with Crippen molar-refractivity contribution < 1.29 is 17.9 Å². The number of ether oxygens (including phenoxy) is 2. The van der Waals surface area contributed by atoms with Gasteiger partial charge in [0.05, 0.1) is 19.1 Å². The molecule has 0 aromatic heterocycles. The summed E-state index contributed by atoms with van der Waals surface area (Å²) in [5.41, 5.74) is 1.42. The molecule has 0 aliphatic rings. The number of anilines is 2. The Balaban J connectivity index is 2.09. The van der Waals surface area contributed by atoms with Crippen LogP contribution in [-0.2, 0) is 10.0 Å². The minimum absolute atomic E-state index is 0.100. The first-order chi connectivity index (χ1) is 12.4. The molecule has 26 heavy (non-hydrogen) atoms. The van der Waals surface area contributed by atoms with Crippen molar-refractivity contribution in [1.29, 1.82) is 0 Å². The largest absolute Gasteiger partial charge is 0.493 e. The van der Waals surface area contributed by atoms with Crippen molar-refractivity contribution in [2.45, 2.75) is 4.90 Å². The van der Waals surface area contributed by atoms with Gasteiger partial charge in [-0.1, -0.05) is 0 Å². The topological polar surface area (TPSA) is 79.9 Å². The second-order valence-electron chi connectivity index (χ2n) is 5.93. The van der Waals surface area contributed by atoms with Gasteiger partial charge in [0.2, 0.25) is 0 Å². The van der Waals surface area contributed by atoms with Gasteiger partial charge in [-0.3, -0.25) is 4.72 Å². The first kappa shape index (κ1) is 19.9. The van der Waals surface area contributed by atoms with Gasteiger partial charge in [-0.25, -0.2) is 8.42 Å². The summed E-state index contributed by atoms with van der Waals surface area (Å²) in [6, 6.07) is 11.6. The molecular formula is C18H25N3O4S. The van der Waals surface area contributed by atoms with Crippen molar-refractivity contribution in [3.8, 4) is 11.5 Å². The van der Waals surface area contributed by atoms with Crippen LogP contribution in [0.4, 0.5) is 11.4 Å². The number of hydrogen-bond donors (Lipinski definition) is 2. The molecule has 0 spiro atoms. The highest BCUT2D eigenvalue weighted by molar-refractivity contribution is 7.92. The van der Waals surface area contributed by atoms with E-state index in [2.05, 4.69) is 14.9 Å². The SMILES string of the molecule is COc1ccc(S(=O)(=O)Nc2ccc(NCCN(C)C)cc2)cc1OC. The van der Waals surface area contributed by atoms with Crippen LogP contribution in [-0.4, -0.2) is 54.7 Å². The summed E-state index contributed by atoms with van der Waals surface area (Å²) in [5.74, 6) is 0.829. The van der Waals surface area contributed by atoms with Crippen molar-refractivity contribution in [3.05, 3.63) is 42.5 Å². The lowest BCUT2D eigenvalue weighted by Crippen LogP contribution is -2.20. The molecule has 0 fully saturated rings. The van der Waals surface area contributed by atoms with Crippen LogP contribution in [0.5, 0.6) is 11.5 Å². The summed E-state index contributed by atoms with van der Waals surface area (Å²) >= 11 is 0. The van der Waals surface area contributed by atoms with Gasteiger partial charge in [-0.15, -0.1) is 0 Å². The summed E-state index contributed by atoms with van der Waals surface area (Å²) in [5, 5.41) is 3.28. The maximum Gasteiger partial charge on any atom is 0.262 e. The van der Waals surface area contributed by atoms with E-state index in [-0.39, 0.29) is 4.90 Å². The molecule has 0 radical (unpaired) electrons. The molecule has 0 heterocycles. The third-order valence-corrected chi connectivity index (χ3v) is 5.07. The second-order valence-corrected chi connectivity index (χ2v) is 7.61. The molecule has 7 nitrogen and oxygen atoms in total. The lowest BCUT2D eigenvalue weighted by molar-refractivity contribution is 0.354. The number of sulfonamides is 1. The van der Waals surface area contributed by atoms with Gasteiger partial charge in [0, 0.05) is 30.5 Å². The number of methoxy groups -OCH3 is 2. The molecule has 0 amide bonds. The van der Waals surface area contributed by atoms with Crippen LogP contribution in [0.3, 0.4) is 0 Å². The molecule has 0 saturated carbocycles. The lowest BCUT2D eigenvalue weighted by Gasteiger charge is -2.13. The van der Waals surface area contributed by atoms with Gasteiger partial charge in [-0.2, -0.15) is 0 Å². The Morgan fingerprint density at radius 3 is 2.12 bits per heavy atom. The zero-order valence-corrected chi connectivity index (χ0v) is 16.3. The van der Waals surface area contributed by atoms with Crippen LogP contribution >= 0.6 is 0 Å². The number of likely N-dealkylation sites (N-methyl/N-ethyl adjacent to an activating group) is 1. The molecule has 8 heteroatoms. The first-order valence-electron chi connectivity index (χ1n) is 8.09. The molecule has 2 aromatic rings. The van der Waals surface area contributed by atoms with Crippen LogP contribution in [0, 0.1) is 0 Å². The maximum atomic E-state index is 12.6. The molecule has 0 unspecified atom stereocenters. The lowest BCUT2D eigenvalue weighted by atomic mass is 10.3. The van der Waals surface area contributed by atoms with Crippen LogP contribution in [0.1, 0.15) is 0 Å². The van der Waals surface area contributed by atoms with Crippen molar-refractivity contribution in [3.63, 3.8) is 0 Å². The fourth-order valence-electron chi connectivity index (χ4n) is 2.28. The predicted octanol–water partition coefficient (Wildman–Crippen LogP) is 2.48. The maximum absolute atomic E-state index is 12.6. The van der Waals surface area contributed by atoms with Gasteiger partial charge in [-0.05, 0) is 50.5 Å². The van der Waals surface area contributed by atoms with Gasteiger partial charge in [0.15, 0.2) is 11.5 Å². The van der Waals surface area contributed by atoms with E-state index in [0.717, 1.165) is 18.8 Å². The molecule has 142 valence electrons. The zero-order valence-electron chi connectivity index (χ0n) is 15.4. The van der Waals surface area contributed by atoms with Gasteiger partial charge < -0.3 is 19.7 Å². The van der Waals surface area contributed by atoms with Crippen LogP contribution in [0.25, 0.3) is 0 Å². The van der Waals surface area contributed by atoms with Crippen LogP contribution in [0.15, 0.2) is 47.4 Å². The molecule has 2 aromatic carbocycles. The molecular weight excluding hydrogens is 354 g/mol. The second kappa shape index (κ2) is 8.77. The third kappa shape index (κ3) is 5.27. The van der Waals surface area contributed by atoms with Crippen molar-refractivity contribution in [2.24, 2.45) is 0 Å². The average Bonchev–Trinajstić information content (AvgIpc) is 2.62. The Kier molecular flexibility index (Phi) is 6.70. The monoisotopic (exact) mass is 379 g/mol. The summed E-state index contributed by atoms with van der Waals surface area (Å²) < 4.78 is 38.0. The Morgan fingerprint density at radius 1 is 0.923 bits per heavy atom. The molecule has 0 saturated heterocycles. The van der Waals surface area contributed by atoms with Crippen molar-refractivity contribution in [2.75, 3.05) is 51.4 Å². The third-order valence-electron chi connectivity index (χ3n) is 3.69. The minimum atomic E-state index is -3.72. The number of benzene rings is 2. The molecule has 0 aliphatic carbocycles. The molecule has 0 aliphatic heterocycles. The normalized spacial score (nSPS) is 11.3. The van der Waals surface area contributed by atoms with E-state index in [1.165, 1.54) is 26.4 Å². The Labute approximate surface area is 155 Å². The van der Waals surface area contributed by atoms with E-state index in [0.29, 0.717) is 17.2 Å². The molecule has 0 atom stereocenters. The molecule has 0 bridgehead atoms. The van der Waals surface area contributed by atoms with Crippen LogP contribution < -0.4 is 19.5 Å². The minimum Gasteiger partial charge on any atom is -0.493 e. The summed E-state index contributed by atoms with van der Waals surface area (Å²) in [4.78, 5) is 2.18. The van der Waals surface area contributed by atoms with E-state index < -0.39 is 10.0 Å². The van der Waals surface area contributed by atoms with E-state index in [1.54, 1.807) is 18.2 Å². The average molecular weight is 379 g/mol. The number of nitrogens with one attached hydrogen (secondary N) is 2. The Morgan fingerprint density at radius 2 is 1.54 bits per heavy atom. The highest BCUT2D eigenvalue weighted by Gasteiger charge is 2.17. The van der Waals surface area contributed by atoms with E-state index in [4.69, 9.17) is 9.47 Å². The summed E-state index contributed by atoms with van der Waals surface area (Å²) in [6.45, 7) is 1.72. The number of nitrogens with zero attached hydrogens (tertiary/aromatic N) is 1. The molecule has 2 N–H and O–H groups in total. The van der Waals surface area contributed by atoms with Gasteiger partial charge in [0.1, 0.15) is 0 Å². The summed E-state index contributed by atoms with van der Waals surface area (Å²) in [7, 11) is 3.25. The molecule has 2 rings (SSSR count). The fourth-order valence-corrected chi connectivity index (χ4v) is 3.35. The highest BCUT2D eigenvalue weighted by Crippen LogP contribution is 2.30. The van der Waals surface area contributed by atoms with Crippen LogP contribution in [0.2, 0.25) is 0 Å². The zero-order chi connectivity index (χ0) is 19.2.